The number of methoxy groups -OCH3 is 1. The third-order valence-electron chi connectivity index (χ3n) is 4.07. The minimum Gasteiger partial charge on any atom is -0.497 e. The minimum atomic E-state index is -0.0738. The zero-order chi connectivity index (χ0) is 16.4. The fourth-order valence-electron chi connectivity index (χ4n) is 2.82. The minimum absolute atomic E-state index is 0.0497. The van der Waals surface area contributed by atoms with E-state index in [4.69, 9.17) is 4.74 Å². The molecule has 1 aromatic heterocycles. The van der Waals surface area contributed by atoms with Crippen LogP contribution < -0.4 is 10.1 Å². The molecule has 3 rings (SSSR count). The molecule has 4 nitrogen and oxygen atoms in total. The second-order valence-corrected chi connectivity index (χ2v) is 5.64. The van der Waals surface area contributed by atoms with Gasteiger partial charge in [-0.05, 0) is 31.5 Å². The van der Waals surface area contributed by atoms with Crippen LogP contribution in [0.1, 0.15) is 34.6 Å². The lowest BCUT2D eigenvalue weighted by Crippen LogP contribution is -2.27. The second kappa shape index (κ2) is 6.16. The van der Waals surface area contributed by atoms with Gasteiger partial charge in [0.25, 0.3) is 5.91 Å². The van der Waals surface area contributed by atoms with Crippen molar-refractivity contribution in [3.8, 4) is 5.75 Å². The number of benzene rings is 2. The van der Waals surface area contributed by atoms with E-state index in [1.54, 1.807) is 7.11 Å². The maximum absolute atomic E-state index is 12.7. The Morgan fingerprint density at radius 2 is 1.91 bits per heavy atom. The summed E-state index contributed by atoms with van der Waals surface area (Å²) in [5, 5.41) is 3.97. The number of carbonyl (C=O) groups is 1. The van der Waals surface area contributed by atoms with E-state index in [9.17, 15) is 4.79 Å². The summed E-state index contributed by atoms with van der Waals surface area (Å²) in [5.41, 5.74) is 3.52. The molecule has 1 heterocycles. The zero-order valence-corrected chi connectivity index (χ0v) is 13.5. The van der Waals surface area contributed by atoms with Crippen molar-refractivity contribution < 1.29 is 9.53 Å². The lowest BCUT2D eigenvalue weighted by molar-refractivity contribution is 0.0941. The van der Waals surface area contributed by atoms with Crippen molar-refractivity contribution in [3.63, 3.8) is 0 Å². The lowest BCUT2D eigenvalue weighted by Gasteiger charge is -2.14. The summed E-state index contributed by atoms with van der Waals surface area (Å²) in [6.07, 6.45) is 0. The Hall–Kier alpha value is -2.75. The van der Waals surface area contributed by atoms with Gasteiger partial charge in [0, 0.05) is 17.1 Å². The van der Waals surface area contributed by atoms with Crippen LogP contribution in [0, 0.1) is 6.92 Å². The molecule has 1 atom stereocenters. The Morgan fingerprint density at radius 3 is 2.61 bits per heavy atom. The van der Waals surface area contributed by atoms with Gasteiger partial charge in [-0.2, -0.15) is 0 Å². The Morgan fingerprint density at radius 1 is 1.17 bits per heavy atom. The van der Waals surface area contributed by atoms with Crippen molar-refractivity contribution in [2.75, 3.05) is 7.11 Å². The van der Waals surface area contributed by atoms with Gasteiger partial charge in [0.05, 0.1) is 24.2 Å². The average Bonchev–Trinajstić information content (AvgIpc) is 2.90. The number of ether oxygens (including phenoxy) is 1. The summed E-state index contributed by atoms with van der Waals surface area (Å²) in [6, 6.07) is 15.6. The number of aryl methyl sites for hydroxylation is 1. The zero-order valence-electron chi connectivity index (χ0n) is 13.5. The Kier molecular flexibility index (Phi) is 4.06. The second-order valence-electron chi connectivity index (χ2n) is 5.64. The van der Waals surface area contributed by atoms with Gasteiger partial charge in [-0.1, -0.05) is 30.3 Å². The monoisotopic (exact) mass is 308 g/mol. The molecule has 0 aliphatic rings. The third kappa shape index (κ3) is 2.93. The normalized spacial score (nSPS) is 12.1. The first-order valence-electron chi connectivity index (χ1n) is 7.62. The van der Waals surface area contributed by atoms with Crippen LogP contribution in [-0.4, -0.2) is 18.0 Å². The number of aromatic amines is 1. The standard InChI is InChI=1S/C19H20N2O2/c1-12(14-7-5-4-6-8-14)21-19(22)18-13(2)20-17-11-15(23-3)9-10-16(17)18/h4-12,20H,1-3H3,(H,21,22). The molecule has 0 radical (unpaired) electrons. The molecule has 0 bridgehead atoms. The van der Waals surface area contributed by atoms with Gasteiger partial charge in [-0.25, -0.2) is 0 Å². The third-order valence-corrected chi connectivity index (χ3v) is 4.07. The maximum atomic E-state index is 12.7. The Labute approximate surface area is 135 Å². The number of nitrogens with one attached hydrogen (secondary N) is 2. The highest BCUT2D eigenvalue weighted by atomic mass is 16.5. The molecule has 0 saturated heterocycles. The van der Waals surface area contributed by atoms with Gasteiger partial charge in [0.2, 0.25) is 0 Å². The van der Waals surface area contributed by atoms with Crippen LogP contribution in [-0.2, 0) is 0 Å². The van der Waals surface area contributed by atoms with Crippen LogP contribution in [0.4, 0.5) is 0 Å². The number of amides is 1. The molecule has 0 spiro atoms. The molecule has 1 unspecified atom stereocenters. The van der Waals surface area contributed by atoms with Crippen molar-refractivity contribution in [2.24, 2.45) is 0 Å². The van der Waals surface area contributed by atoms with Crippen molar-refractivity contribution in [3.05, 3.63) is 65.4 Å². The first-order chi connectivity index (χ1) is 11.1. The van der Waals surface area contributed by atoms with E-state index in [0.717, 1.165) is 27.9 Å². The van der Waals surface area contributed by atoms with Crippen LogP contribution in [0.15, 0.2) is 48.5 Å². The summed E-state index contributed by atoms with van der Waals surface area (Å²) < 4.78 is 5.23. The number of hydrogen-bond donors (Lipinski definition) is 2. The summed E-state index contributed by atoms with van der Waals surface area (Å²) in [6.45, 7) is 3.90. The van der Waals surface area contributed by atoms with Crippen LogP contribution in [0.2, 0.25) is 0 Å². The molecule has 23 heavy (non-hydrogen) atoms. The van der Waals surface area contributed by atoms with Gasteiger partial charge in [0.1, 0.15) is 5.75 Å². The molecule has 3 aromatic rings. The Balaban J connectivity index is 1.90. The van der Waals surface area contributed by atoms with Crippen molar-refractivity contribution in [1.82, 2.24) is 10.3 Å². The number of rotatable bonds is 4. The number of carbonyl (C=O) groups excluding carboxylic acids is 1. The van der Waals surface area contributed by atoms with Gasteiger partial charge < -0.3 is 15.0 Å². The highest BCUT2D eigenvalue weighted by molar-refractivity contribution is 6.08. The smallest absolute Gasteiger partial charge is 0.254 e. The van der Waals surface area contributed by atoms with Crippen LogP contribution >= 0.6 is 0 Å². The summed E-state index contributed by atoms with van der Waals surface area (Å²) in [5.74, 6) is 0.693. The summed E-state index contributed by atoms with van der Waals surface area (Å²) in [7, 11) is 1.63. The molecule has 2 N–H and O–H groups in total. The van der Waals surface area contributed by atoms with Crippen LogP contribution in [0.5, 0.6) is 5.75 Å². The van der Waals surface area contributed by atoms with E-state index < -0.39 is 0 Å². The average molecular weight is 308 g/mol. The van der Waals surface area contributed by atoms with Crippen molar-refractivity contribution in [1.29, 1.82) is 0 Å². The molecular formula is C19H20N2O2. The molecular weight excluding hydrogens is 288 g/mol. The highest BCUT2D eigenvalue weighted by Crippen LogP contribution is 2.26. The van der Waals surface area contributed by atoms with E-state index in [0.29, 0.717) is 5.56 Å². The van der Waals surface area contributed by atoms with E-state index in [1.807, 2.05) is 62.4 Å². The summed E-state index contributed by atoms with van der Waals surface area (Å²) in [4.78, 5) is 16.0. The number of H-pyrrole nitrogens is 1. The van der Waals surface area contributed by atoms with Gasteiger partial charge in [-0.15, -0.1) is 0 Å². The van der Waals surface area contributed by atoms with Crippen LogP contribution in [0.3, 0.4) is 0 Å². The number of hydrogen-bond acceptors (Lipinski definition) is 2. The predicted molar refractivity (Wildman–Crippen MR) is 91.9 cm³/mol. The fourth-order valence-corrected chi connectivity index (χ4v) is 2.82. The van der Waals surface area contributed by atoms with E-state index in [2.05, 4.69) is 10.3 Å². The molecule has 0 saturated carbocycles. The lowest BCUT2D eigenvalue weighted by atomic mass is 10.1. The fraction of sp³-hybridized carbons (Fsp3) is 0.211. The molecule has 0 fully saturated rings. The van der Waals surface area contributed by atoms with Crippen molar-refractivity contribution in [2.45, 2.75) is 19.9 Å². The first-order valence-corrected chi connectivity index (χ1v) is 7.62. The highest BCUT2D eigenvalue weighted by Gasteiger charge is 2.18. The molecule has 1 amide bonds. The topological polar surface area (TPSA) is 54.1 Å². The van der Waals surface area contributed by atoms with E-state index >= 15 is 0 Å². The predicted octanol–water partition coefficient (Wildman–Crippen LogP) is 3.98. The molecule has 0 aliphatic heterocycles. The quantitative estimate of drug-likeness (QED) is 0.766. The first kappa shape index (κ1) is 15.2. The number of fused-ring (bicyclic) bond motifs is 1. The SMILES string of the molecule is COc1ccc2c(C(=O)NC(C)c3ccccc3)c(C)[nH]c2c1. The van der Waals surface area contributed by atoms with E-state index in [-0.39, 0.29) is 11.9 Å². The molecule has 4 heteroatoms. The van der Waals surface area contributed by atoms with E-state index in [1.165, 1.54) is 0 Å². The molecule has 2 aromatic carbocycles. The van der Waals surface area contributed by atoms with Gasteiger partial charge >= 0.3 is 0 Å². The van der Waals surface area contributed by atoms with Crippen molar-refractivity contribution >= 4 is 16.8 Å². The Bertz CT molecular complexity index is 837. The van der Waals surface area contributed by atoms with Gasteiger partial charge in [-0.3, -0.25) is 4.79 Å². The molecule has 0 aliphatic carbocycles. The molecule has 118 valence electrons. The largest absolute Gasteiger partial charge is 0.497 e. The summed E-state index contributed by atoms with van der Waals surface area (Å²) >= 11 is 0. The maximum Gasteiger partial charge on any atom is 0.254 e. The number of aromatic nitrogens is 1. The van der Waals surface area contributed by atoms with Gasteiger partial charge in [0.15, 0.2) is 0 Å². The van der Waals surface area contributed by atoms with Crippen LogP contribution in [0.25, 0.3) is 10.9 Å².